The first kappa shape index (κ1) is 15.7. The van der Waals surface area contributed by atoms with Crippen LogP contribution >= 0.6 is 15.9 Å². The third-order valence-electron chi connectivity index (χ3n) is 3.59. The Kier molecular flexibility index (Phi) is 4.46. The van der Waals surface area contributed by atoms with E-state index in [9.17, 15) is 19.3 Å². The molecule has 8 heteroatoms. The molecule has 1 heterocycles. The van der Waals surface area contributed by atoms with Crippen LogP contribution in [0.4, 0.5) is 15.8 Å². The Morgan fingerprint density at radius 3 is 2.67 bits per heavy atom. The number of anilines is 1. The molecule has 0 bridgehead atoms. The van der Waals surface area contributed by atoms with Crippen LogP contribution in [-0.4, -0.2) is 41.4 Å². The second kappa shape index (κ2) is 5.97. The first-order valence-corrected chi connectivity index (χ1v) is 7.26. The fraction of sp³-hybridized carbons (Fsp3) is 0.462. The molecule has 1 aromatic carbocycles. The van der Waals surface area contributed by atoms with Crippen LogP contribution in [0.25, 0.3) is 0 Å². The predicted octanol–water partition coefficient (Wildman–Crippen LogP) is 2.55. The Balaban J connectivity index is 2.26. The second-order valence-electron chi connectivity index (χ2n) is 5.02. The third-order valence-corrected chi connectivity index (χ3v) is 4.22. The molecule has 0 radical (unpaired) electrons. The number of rotatable bonds is 2. The lowest BCUT2D eigenvalue weighted by Crippen LogP contribution is -2.53. The number of piperazine rings is 1. The molecule has 1 atom stereocenters. The van der Waals surface area contributed by atoms with Gasteiger partial charge in [-0.25, -0.2) is 4.39 Å². The Bertz CT molecular complexity index is 596. The van der Waals surface area contributed by atoms with Gasteiger partial charge >= 0.3 is 0 Å². The maximum absolute atomic E-state index is 14.1. The van der Waals surface area contributed by atoms with Crippen LogP contribution in [0.1, 0.15) is 13.8 Å². The molecule has 1 aliphatic rings. The monoisotopic (exact) mass is 359 g/mol. The molecule has 0 spiro atoms. The molecule has 0 N–H and O–H groups in total. The zero-order valence-corrected chi connectivity index (χ0v) is 13.3. The van der Waals surface area contributed by atoms with Crippen LogP contribution in [0.2, 0.25) is 0 Å². The van der Waals surface area contributed by atoms with Crippen molar-refractivity contribution >= 4 is 33.2 Å². The van der Waals surface area contributed by atoms with E-state index in [1.165, 1.54) is 13.0 Å². The average Bonchev–Trinajstić information content (AvgIpc) is 2.40. The number of hydrogen-bond donors (Lipinski definition) is 0. The molecule has 1 aliphatic heterocycles. The van der Waals surface area contributed by atoms with Crippen LogP contribution in [0.3, 0.4) is 0 Å². The Morgan fingerprint density at radius 2 is 2.14 bits per heavy atom. The summed E-state index contributed by atoms with van der Waals surface area (Å²) < 4.78 is 14.4. The van der Waals surface area contributed by atoms with Crippen molar-refractivity contribution in [3.8, 4) is 0 Å². The molecule has 0 saturated carbocycles. The number of nitro groups is 1. The predicted molar refractivity (Wildman–Crippen MR) is 79.8 cm³/mol. The Morgan fingerprint density at radius 1 is 1.48 bits per heavy atom. The molecular weight excluding hydrogens is 345 g/mol. The van der Waals surface area contributed by atoms with Crippen molar-refractivity contribution in [1.82, 2.24) is 4.90 Å². The summed E-state index contributed by atoms with van der Waals surface area (Å²) in [4.78, 5) is 25.1. The van der Waals surface area contributed by atoms with Gasteiger partial charge in [0.1, 0.15) is 0 Å². The van der Waals surface area contributed by atoms with Gasteiger partial charge in [-0.3, -0.25) is 14.9 Å². The smallest absolute Gasteiger partial charge is 0.286 e. The van der Waals surface area contributed by atoms with Gasteiger partial charge in [-0.1, -0.05) is 0 Å². The van der Waals surface area contributed by atoms with Gasteiger partial charge in [0.15, 0.2) is 5.82 Å². The Hall–Kier alpha value is -1.70. The van der Waals surface area contributed by atoms with Gasteiger partial charge < -0.3 is 9.80 Å². The lowest BCUT2D eigenvalue weighted by Gasteiger charge is -2.40. The highest BCUT2D eigenvalue weighted by Gasteiger charge is 2.28. The molecule has 114 valence electrons. The molecule has 1 aromatic rings. The SMILES string of the molecule is CC(=O)N1CCN(c2cc(Br)c([N+](=O)[O-])cc2F)C[C@@H]1C. The van der Waals surface area contributed by atoms with Crippen LogP contribution in [0, 0.1) is 15.9 Å². The van der Waals surface area contributed by atoms with E-state index in [2.05, 4.69) is 15.9 Å². The molecule has 0 aromatic heterocycles. The molecule has 1 amide bonds. The number of hydrogen-bond acceptors (Lipinski definition) is 4. The van der Waals surface area contributed by atoms with Crippen molar-refractivity contribution in [2.75, 3.05) is 24.5 Å². The lowest BCUT2D eigenvalue weighted by atomic mass is 10.1. The average molecular weight is 360 g/mol. The minimum Gasteiger partial charge on any atom is -0.365 e. The molecular formula is C13H15BrFN3O3. The minimum atomic E-state index is -0.632. The van der Waals surface area contributed by atoms with E-state index in [-0.39, 0.29) is 22.1 Å². The fourth-order valence-corrected chi connectivity index (χ4v) is 3.03. The van der Waals surface area contributed by atoms with Crippen LogP contribution in [-0.2, 0) is 4.79 Å². The molecule has 1 saturated heterocycles. The fourth-order valence-electron chi connectivity index (χ4n) is 2.55. The highest BCUT2D eigenvalue weighted by Crippen LogP contribution is 2.33. The molecule has 1 fully saturated rings. The number of benzene rings is 1. The largest absolute Gasteiger partial charge is 0.365 e. The van der Waals surface area contributed by atoms with Crippen LogP contribution < -0.4 is 4.90 Å². The summed E-state index contributed by atoms with van der Waals surface area (Å²) >= 11 is 3.10. The zero-order chi connectivity index (χ0) is 15.7. The van der Waals surface area contributed by atoms with Gasteiger partial charge in [-0.15, -0.1) is 0 Å². The summed E-state index contributed by atoms with van der Waals surface area (Å²) in [6.07, 6.45) is 0. The van der Waals surface area contributed by atoms with Crippen LogP contribution in [0.5, 0.6) is 0 Å². The van der Waals surface area contributed by atoms with Crippen molar-refractivity contribution in [1.29, 1.82) is 0 Å². The number of carbonyl (C=O) groups is 1. The molecule has 2 rings (SSSR count). The highest BCUT2D eigenvalue weighted by atomic mass is 79.9. The van der Waals surface area contributed by atoms with Gasteiger partial charge in [-0.05, 0) is 28.9 Å². The summed E-state index contributed by atoms with van der Waals surface area (Å²) in [5.41, 5.74) is 0.00852. The van der Waals surface area contributed by atoms with E-state index in [4.69, 9.17) is 0 Å². The first-order valence-electron chi connectivity index (χ1n) is 6.47. The first-order chi connectivity index (χ1) is 9.81. The van der Waals surface area contributed by atoms with Crippen molar-refractivity contribution in [2.24, 2.45) is 0 Å². The standard InChI is InChI=1S/C13H15BrFN3O3/c1-8-7-16(3-4-17(8)9(2)19)13-5-10(14)12(18(20)21)6-11(13)15/h5-6,8H,3-4,7H2,1-2H3/t8-/m0/s1. The van der Waals surface area contributed by atoms with Gasteiger partial charge in [0.25, 0.3) is 5.69 Å². The minimum absolute atomic E-state index is 0.00694. The van der Waals surface area contributed by atoms with Crippen molar-refractivity contribution in [3.63, 3.8) is 0 Å². The highest BCUT2D eigenvalue weighted by molar-refractivity contribution is 9.10. The normalized spacial score (nSPS) is 18.8. The molecule has 0 aliphatic carbocycles. The topological polar surface area (TPSA) is 66.7 Å². The van der Waals surface area contributed by atoms with Gasteiger partial charge in [0.05, 0.1) is 21.1 Å². The van der Waals surface area contributed by atoms with Gasteiger partial charge in [-0.2, -0.15) is 0 Å². The second-order valence-corrected chi connectivity index (χ2v) is 5.87. The number of halogens is 2. The zero-order valence-electron chi connectivity index (χ0n) is 11.7. The molecule has 6 nitrogen and oxygen atoms in total. The van der Waals surface area contributed by atoms with Crippen molar-refractivity contribution in [3.05, 3.63) is 32.5 Å². The van der Waals surface area contributed by atoms with E-state index >= 15 is 0 Å². The molecule has 21 heavy (non-hydrogen) atoms. The summed E-state index contributed by atoms with van der Waals surface area (Å²) in [5, 5.41) is 10.8. The van der Waals surface area contributed by atoms with Gasteiger partial charge in [0.2, 0.25) is 5.91 Å². The maximum atomic E-state index is 14.1. The van der Waals surface area contributed by atoms with E-state index < -0.39 is 10.7 Å². The summed E-state index contributed by atoms with van der Waals surface area (Å²) in [7, 11) is 0. The van der Waals surface area contributed by atoms with Crippen molar-refractivity contribution < 1.29 is 14.1 Å². The summed E-state index contributed by atoms with van der Waals surface area (Å²) in [6.45, 7) is 4.89. The van der Waals surface area contributed by atoms with E-state index in [1.54, 1.807) is 9.80 Å². The third kappa shape index (κ3) is 3.15. The summed E-state index contributed by atoms with van der Waals surface area (Å²) in [6, 6.07) is 2.30. The maximum Gasteiger partial charge on any atom is 0.286 e. The van der Waals surface area contributed by atoms with Crippen molar-refractivity contribution in [2.45, 2.75) is 19.9 Å². The van der Waals surface area contributed by atoms with Gasteiger partial charge in [0, 0.05) is 32.6 Å². The number of carbonyl (C=O) groups excluding carboxylic acids is 1. The van der Waals surface area contributed by atoms with E-state index in [1.807, 2.05) is 6.92 Å². The quantitative estimate of drug-likeness (QED) is 0.601. The summed E-state index contributed by atoms with van der Waals surface area (Å²) in [5.74, 6) is -0.638. The van der Waals surface area contributed by atoms with Crippen LogP contribution in [0.15, 0.2) is 16.6 Å². The van der Waals surface area contributed by atoms with E-state index in [0.717, 1.165) is 6.07 Å². The molecule has 0 unspecified atom stereocenters. The number of nitro benzene ring substituents is 1. The lowest BCUT2D eigenvalue weighted by molar-refractivity contribution is -0.385. The Labute approximate surface area is 129 Å². The number of nitrogens with zero attached hydrogens (tertiary/aromatic N) is 3. The van der Waals surface area contributed by atoms with E-state index in [0.29, 0.717) is 25.3 Å². The number of amides is 1.